The molecule has 0 unspecified atom stereocenters. The van der Waals surface area contributed by atoms with Crippen LogP contribution in [0.2, 0.25) is 5.02 Å². The Bertz CT molecular complexity index is 896. The molecule has 1 N–H and O–H groups in total. The summed E-state index contributed by atoms with van der Waals surface area (Å²) in [5, 5.41) is 1.99. The van der Waals surface area contributed by atoms with Gasteiger partial charge in [-0.3, -0.25) is 14.9 Å². The van der Waals surface area contributed by atoms with Crippen LogP contribution in [0.1, 0.15) is 11.1 Å². The van der Waals surface area contributed by atoms with E-state index < -0.39 is 17.0 Å². The molecule has 1 aliphatic heterocycles. The first kappa shape index (κ1) is 18.3. The summed E-state index contributed by atoms with van der Waals surface area (Å²) in [5.41, 5.74) is 0.728. The SMILES string of the molecule is COc1cccc(/C=C2\SC(=O)NC2=O)c1OCc1c(F)cccc1Cl. The maximum Gasteiger partial charge on any atom is 0.290 e. The van der Waals surface area contributed by atoms with Crippen molar-refractivity contribution < 1.29 is 23.5 Å². The topological polar surface area (TPSA) is 64.6 Å². The van der Waals surface area contributed by atoms with E-state index in [-0.39, 0.29) is 22.1 Å². The maximum absolute atomic E-state index is 14.0. The van der Waals surface area contributed by atoms with Crippen LogP contribution in [0.3, 0.4) is 0 Å². The van der Waals surface area contributed by atoms with Gasteiger partial charge in [-0.05, 0) is 36.0 Å². The van der Waals surface area contributed by atoms with E-state index in [1.54, 1.807) is 24.3 Å². The molecule has 5 nitrogen and oxygen atoms in total. The summed E-state index contributed by atoms with van der Waals surface area (Å²) in [6, 6.07) is 9.46. The Morgan fingerprint density at radius 1 is 1.23 bits per heavy atom. The molecule has 0 bridgehead atoms. The first-order valence-corrected chi connectivity index (χ1v) is 8.66. The average molecular weight is 394 g/mol. The number of hydrogen-bond acceptors (Lipinski definition) is 5. The normalized spacial score (nSPS) is 15.3. The van der Waals surface area contributed by atoms with E-state index in [4.69, 9.17) is 21.1 Å². The molecule has 1 heterocycles. The van der Waals surface area contributed by atoms with Crippen molar-refractivity contribution in [1.29, 1.82) is 0 Å². The molecule has 3 rings (SSSR count). The zero-order chi connectivity index (χ0) is 18.7. The minimum absolute atomic E-state index is 0.125. The molecule has 0 aromatic heterocycles. The summed E-state index contributed by atoms with van der Waals surface area (Å²) in [4.78, 5) is 23.3. The van der Waals surface area contributed by atoms with Crippen molar-refractivity contribution in [2.45, 2.75) is 6.61 Å². The number of ether oxygens (including phenoxy) is 2. The molecule has 1 fully saturated rings. The lowest BCUT2D eigenvalue weighted by Gasteiger charge is -2.14. The third-order valence-corrected chi connectivity index (χ3v) is 4.75. The number of rotatable bonds is 5. The van der Waals surface area contributed by atoms with E-state index in [0.717, 1.165) is 11.8 Å². The molecule has 1 aliphatic rings. The number of hydrogen-bond donors (Lipinski definition) is 1. The van der Waals surface area contributed by atoms with Crippen LogP contribution in [0.15, 0.2) is 41.3 Å². The number of carbonyl (C=O) groups excluding carboxylic acids is 2. The van der Waals surface area contributed by atoms with Gasteiger partial charge in [-0.15, -0.1) is 0 Å². The number of amides is 2. The molecular weight excluding hydrogens is 381 g/mol. The summed E-state index contributed by atoms with van der Waals surface area (Å²) in [7, 11) is 1.47. The number of nitrogens with one attached hydrogen (secondary N) is 1. The van der Waals surface area contributed by atoms with Crippen LogP contribution in [0.5, 0.6) is 11.5 Å². The van der Waals surface area contributed by atoms with E-state index in [1.807, 2.05) is 0 Å². The second-order valence-electron chi connectivity index (χ2n) is 5.22. The standard InChI is InChI=1S/C18H13ClFNO4S/c1-24-14-7-2-4-10(8-15-17(22)21-18(23)26-15)16(14)25-9-11-12(19)5-3-6-13(11)20/h2-8H,9H2,1H3,(H,21,22,23)/b15-8-. The fraction of sp³-hybridized carbons (Fsp3) is 0.111. The quantitative estimate of drug-likeness (QED) is 0.763. The minimum Gasteiger partial charge on any atom is -0.493 e. The van der Waals surface area contributed by atoms with E-state index in [0.29, 0.717) is 17.1 Å². The molecular formula is C18H13ClFNO4S. The Morgan fingerprint density at radius 2 is 2.00 bits per heavy atom. The Balaban J connectivity index is 1.94. The molecule has 0 saturated carbocycles. The Kier molecular flexibility index (Phi) is 5.49. The van der Waals surface area contributed by atoms with Gasteiger partial charge in [0, 0.05) is 11.1 Å². The van der Waals surface area contributed by atoms with Gasteiger partial charge in [0.15, 0.2) is 11.5 Å². The first-order chi connectivity index (χ1) is 12.5. The van der Waals surface area contributed by atoms with Gasteiger partial charge < -0.3 is 9.47 Å². The zero-order valence-electron chi connectivity index (χ0n) is 13.5. The fourth-order valence-electron chi connectivity index (χ4n) is 2.34. The summed E-state index contributed by atoms with van der Waals surface area (Å²) >= 11 is 6.82. The monoisotopic (exact) mass is 393 g/mol. The van der Waals surface area contributed by atoms with Crippen molar-refractivity contribution in [3.05, 3.63) is 63.3 Å². The van der Waals surface area contributed by atoms with E-state index in [9.17, 15) is 14.0 Å². The van der Waals surface area contributed by atoms with E-state index >= 15 is 0 Å². The molecule has 2 amide bonds. The molecule has 2 aromatic carbocycles. The third kappa shape index (κ3) is 3.84. The van der Waals surface area contributed by atoms with Crippen LogP contribution in [0.4, 0.5) is 9.18 Å². The van der Waals surface area contributed by atoms with Crippen molar-refractivity contribution in [1.82, 2.24) is 5.32 Å². The van der Waals surface area contributed by atoms with Gasteiger partial charge in [0.25, 0.3) is 11.1 Å². The molecule has 0 radical (unpaired) electrons. The van der Waals surface area contributed by atoms with Crippen LogP contribution in [-0.2, 0) is 11.4 Å². The van der Waals surface area contributed by atoms with Gasteiger partial charge in [-0.2, -0.15) is 0 Å². The lowest BCUT2D eigenvalue weighted by Crippen LogP contribution is -2.17. The van der Waals surface area contributed by atoms with Gasteiger partial charge >= 0.3 is 0 Å². The Labute approximate surface area is 158 Å². The highest BCUT2D eigenvalue weighted by atomic mass is 35.5. The predicted octanol–water partition coefficient (Wildman–Crippen LogP) is 4.39. The average Bonchev–Trinajstić information content (AvgIpc) is 2.92. The lowest BCUT2D eigenvalue weighted by atomic mass is 10.1. The van der Waals surface area contributed by atoms with E-state index in [1.165, 1.54) is 25.3 Å². The zero-order valence-corrected chi connectivity index (χ0v) is 15.1. The highest BCUT2D eigenvalue weighted by Gasteiger charge is 2.26. The summed E-state index contributed by atoms with van der Waals surface area (Å²) in [6.07, 6.45) is 1.52. The summed E-state index contributed by atoms with van der Waals surface area (Å²) in [5.74, 6) is -0.245. The van der Waals surface area contributed by atoms with Crippen LogP contribution in [0, 0.1) is 5.82 Å². The second kappa shape index (κ2) is 7.80. The van der Waals surface area contributed by atoms with Crippen molar-refractivity contribution in [2.75, 3.05) is 7.11 Å². The molecule has 0 atom stereocenters. The Morgan fingerprint density at radius 3 is 2.65 bits per heavy atom. The molecule has 26 heavy (non-hydrogen) atoms. The number of thioether (sulfide) groups is 1. The van der Waals surface area contributed by atoms with E-state index in [2.05, 4.69) is 5.32 Å². The van der Waals surface area contributed by atoms with Crippen molar-refractivity contribution in [3.8, 4) is 11.5 Å². The van der Waals surface area contributed by atoms with Crippen LogP contribution >= 0.6 is 23.4 Å². The molecule has 8 heteroatoms. The fourth-order valence-corrected chi connectivity index (χ4v) is 3.23. The van der Waals surface area contributed by atoms with Crippen LogP contribution in [0.25, 0.3) is 6.08 Å². The molecule has 0 spiro atoms. The smallest absolute Gasteiger partial charge is 0.290 e. The van der Waals surface area contributed by atoms with Crippen molar-refractivity contribution in [3.63, 3.8) is 0 Å². The highest BCUT2D eigenvalue weighted by molar-refractivity contribution is 8.18. The predicted molar refractivity (Wildman–Crippen MR) is 97.8 cm³/mol. The van der Waals surface area contributed by atoms with Gasteiger partial charge in [-0.1, -0.05) is 29.8 Å². The van der Waals surface area contributed by atoms with Crippen LogP contribution < -0.4 is 14.8 Å². The first-order valence-electron chi connectivity index (χ1n) is 7.47. The number of methoxy groups -OCH3 is 1. The highest BCUT2D eigenvalue weighted by Crippen LogP contribution is 2.36. The van der Waals surface area contributed by atoms with Crippen molar-refractivity contribution in [2.24, 2.45) is 0 Å². The van der Waals surface area contributed by atoms with Gasteiger partial charge in [0.1, 0.15) is 12.4 Å². The summed E-state index contributed by atoms with van der Waals surface area (Å²) < 4.78 is 25.0. The van der Waals surface area contributed by atoms with Crippen LogP contribution in [-0.4, -0.2) is 18.3 Å². The molecule has 2 aromatic rings. The van der Waals surface area contributed by atoms with Gasteiger partial charge in [0.2, 0.25) is 0 Å². The molecule has 1 saturated heterocycles. The van der Waals surface area contributed by atoms with Gasteiger partial charge in [-0.25, -0.2) is 4.39 Å². The number of imide groups is 1. The lowest BCUT2D eigenvalue weighted by molar-refractivity contribution is -0.115. The number of para-hydroxylation sites is 1. The maximum atomic E-state index is 14.0. The Hall–Kier alpha value is -2.51. The minimum atomic E-state index is -0.483. The third-order valence-electron chi connectivity index (χ3n) is 3.58. The summed E-state index contributed by atoms with van der Waals surface area (Å²) in [6.45, 7) is -0.125. The number of benzene rings is 2. The molecule has 0 aliphatic carbocycles. The number of carbonyl (C=O) groups is 2. The largest absolute Gasteiger partial charge is 0.493 e. The van der Waals surface area contributed by atoms with Gasteiger partial charge in [0.05, 0.1) is 17.0 Å². The van der Waals surface area contributed by atoms with Crippen molar-refractivity contribution >= 4 is 40.6 Å². The second-order valence-corrected chi connectivity index (χ2v) is 6.64. The molecule has 134 valence electrons. The number of halogens is 2.